The van der Waals surface area contributed by atoms with Gasteiger partial charge in [-0.05, 0) is 42.9 Å². The molecule has 0 saturated carbocycles. The van der Waals surface area contributed by atoms with Gasteiger partial charge in [0.2, 0.25) is 0 Å². The quantitative estimate of drug-likeness (QED) is 0.681. The van der Waals surface area contributed by atoms with E-state index < -0.39 is 11.5 Å². The van der Waals surface area contributed by atoms with Crippen molar-refractivity contribution in [3.05, 3.63) is 101 Å². The van der Waals surface area contributed by atoms with Gasteiger partial charge in [0, 0.05) is 17.7 Å². The molecule has 1 heterocycles. The highest BCUT2D eigenvalue weighted by molar-refractivity contribution is 6.12. The van der Waals surface area contributed by atoms with Gasteiger partial charge >= 0.3 is 0 Å². The smallest absolute Gasteiger partial charge is 0.264 e. The minimum atomic E-state index is -1.81. The van der Waals surface area contributed by atoms with Crippen LogP contribution in [-0.4, -0.2) is 23.3 Å². The average Bonchev–Trinajstić information content (AvgIpc) is 3.03. The number of rotatable bonds is 5. The van der Waals surface area contributed by atoms with Crippen LogP contribution in [0.25, 0.3) is 0 Å². The van der Waals surface area contributed by atoms with Crippen molar-refractivity contribution in [3.63, 3.8) is 0 Å². The van der Waals surface area contributed by atoms with Crippen molar-refractivity contribution in [1.29, 1.82) is 0 Å². The third-order valence-electron chi connectivity index (χ3n) is 6.67. The lowest BCUT2D eigenvalue weighted by Crippen LogP contribution is -2.50. The molecule has 5 rings (SSSR count). The first kappa shape index (κ1) is 19.7. The van der Waals surface area contributed by atoms with E-state index >= 15 is 0 Å². The summed E-state index contributed by atoms with van der Waals surface area (Å²) in [6.07, 6.45) is 2.77. The number of carbonyl (C=O) groups is 2. The van der Waals surface area contributed by atoms with Crippen molar-refractivity contribution in [2.24, 2.45) is 5.92 Å². The van der Waals surface area contributed by atoms with Gasteiger partial charge in [-0.3, -0.25) is 9.59 Å². The Morgan fingerprint density at radius 1 is 0.903 bits per heavy atom. The number of Topliss-reactive ketones (excluding diaryl/α,β-unsaturated/α-hetero) is 1. The lowest BCUT2D eigenvalue weighted by molar-refractivity contribution is -0.140. The second-order valence-corrected chi connectivity index (χ2v) is 8.44. The number of nitrogens with zero attached hydrogens (tertiary/aromatic N) is 1. The zero-order valence-electron chi connectivity index (χ0n) is 17.3. The highest BCUT2D eigenvalue weighted by atomic mass is 16.3. The molecule has 0 bridgehead atoms. The molecule has 1 aliphatic carbocycles. The summed E-state index contributed by atoms with van der Waals surface area (Å²) in [5.41, 5.74) is 2.29. The van der Waals surface area contributed by atoms with Gasteiger partial charge in [0.15, 0.2) is 11.4 Å². The third-order valence-corrected chi connectivity index (χ3v) is 6.67. The van der Waals surface area contributed by atoms with E-state index in [4.69, 9.17) is 0 Å². The molecule has 0 spiro atoms. The van der Waals surface area contributed by atoms with Gasteiger partial charge in [-0.25, -0.2) is 0 Å². The molecule has 3 aromatic carbocycles. The summed E-state index contributed by atoms with van der Waals surface area (Å²) < 4.78 is 0. The van der Waals surface area contributed by atoms with E-state index in [1.54, 1.807) is 17.0 Å². The SMILES string of the molecule is O=C1c2ccccc2CC[C@@H]1[C@]1(O)C(=O)N(CCCc2ccccc2)c2ccccc21. The van der Waals surface area contributed by atoms with Crippen molar-refractivity contribution in [1.82, 2.24) is 0 Å². The normalized spacial score (nSPS) is 22.4. The number of anilines is 1. The van der Waals surface area contributed by atoms with Crippen molar-refractivity contribution >= 4 is 17.4 Å². The Labute approximate surface area is 182 Å². The summed E-state index contributed by atoms with van der Waals surface area (Å²) >= 11 is 0. The van der Waals surface area contributed by atoms with E-state index in [1.807, 2.05) is 54.6 Å². The Bertz CT molecular complexity index is 1140. The van der Waals surface area contributed by atoms with Crippen molar-refractivity contribution in [3.8, 4) is 0 Å². The molecule has 4 nitrogen and oxygen atoms in total. The minimum Gasteiger partial charge on any atom is -0.375 e. The lowest BCUT2D eigenvalue weighted by atomic mass is 9.71. The number of aryl methyl sites for hydroxylation is 2. The first-order valence-electron chi connectivity index (χ1n) is 10.9. The average molecular weight is 412 g/mol. The molecule has 0 fully saturated rings. The van der Waals surface area contributed by atoms with Crippen LogP contribution in [-0.2, 0) is 23.2 Å². The van der Waals surface area contributed by atoms with E-state index in [1.165, 1.54) is 5.56 Å². The van der Waals surface area contributed by atoms with Crippen LogP contribution in [0.1, 0.15) is 39.9 Å². The highest BCUT2D eigenvalue weighted by Gasteiger charge is 2.57. The first-order valence-corrected chi connectivity index (χ1v) is 10.9. The van der Waals surface area contributed by atoms with E-state index in [2.05, 4.69) is 12.1 Å². The molecule has 31 heavy (non-hydrogen) atoms. The number of ketones is 1. The number of amides is 1. The predicted octanol–water partition coefficient (Wildman–Crippen LogP) is 4.30. The van der Waals surface area contributed by atoms with Gasteiger partial charge in [0.1, 0.15) is 0 Å². The van der Waals surface area contributed by atoms with Crippen molar-refractivity contribution < 1.29 is 14.7 Å². The summed E-state index contributed by atoms with van der Waals surface area (Å²) in [4.78, 5) is 28.6. The monoisotopic (exact) mass is 411 g/mol. The van der Waals surface area contributed by atoms with Crippen molar-refractivity contribution in [2.45, 2.75) is 31.3 Å². The van der Waals surface area contributed by atoms with Gasteiger partial charge in [0.25, 0.3) is 5.91 Å². The molecule has 4 heteroatoms. The molecule has 3 aromatic rings. The largest absolute Gasteiger partial charge is 0.375 e. The second kappa shape index (κ2) is 7.78. The van der Waals surface area contributed by atoms with Gasteiger partial charge in [-0.2, -0.15) is 0 Å². The Hall–Kier alpha value is -3.24. The fourth-order valence-corrected chi connectivity index (χ4v) is 5.10. The van der Waals surface area contributed by atoms with Gasteiger partial charge in [-0.15, -0.1) is 0 Å². The fourth-order valence-electron chi connectivity index (χ4n) is 5.10. The molecule has 0 radical (unpaired) electrons. The topological polar surface area (TPSA) is 57.6 Å². The zero-order valence-corrected chi connectivity index (χ0v) is 17.3. The summed E-state index contributed by atoms with van der Waals surface area (Å²) in [6, 6.07) is 25.0. The molecule has 1 aliphatic heterocycles. The lowest BCUT2D eigenvalue weighted by Gasteiger charge is -2.34. The molecule has 0 aromatic heterocycles. The number of fused-ring (bicyclic) bond motifs is 2. The van der Waals surface area contributed by atoms with Crippen LogP contribution in [0.2, 0.25) is 0 Å². The molecular formula is C27H25NO3. The maximum atomic E-state index is 13.6. The standard InChI is InChI=1S/C27H25NO3/c29-25-21-13-5-4-12-20(21)16-17-23(25)27(31)22-14-6-7-15-24(22)28(26(27)30)18-8-11-19-9-2-1-3-10-19/h1-7,9-10,12-15,23,31H,8,11,16-18H2/t23-,27-/m0/s1. The number of hydrogen-bond donors (Lipinski definition) is 1. The van der Waals surface area contributed by atoms with Gasteiger partial charge in [-0.1, -0.05) is 72.8 Å². The predicted molar refractivity (Wildman–Crippen MR) is 120 cm³/mol. The molecule has 2 aliphatic rings. The second-order valence-electron chi connectivity index (χ2n) is 8.44. The number of aliphatic hydroxyl groups is 1. The number of hydrogen-bond acceptors (Lipinski definition) is 3. The molecule has 2 atom stereocenters. The van der Waals surface area contributed by atoms with Crippen molar-refractivity contribution in [2.75, 3.05) is 11.4 Å². The summed E-state index contributed by atoms with van der Waals surface area (Å²) in [5, 5.41) is 11.8. The van der Waals surface area contributed by atoms with Crippen LogP contribution < -0.4 is 4.90 Å². The number of para-hydroxylation sites is 1. The van der Waals surface area contributed by atoms with Crippen LogP contribution in [0.4, 0.5) is 5.69 Å². The van der Waals surface area contributed by atoms with Crippen LogP contribution in [0.3, 0.4) is 0 Å². The highest BCUT2D eigenvalue weighted by Crippen LogP contribution is 2.48. The van der Waals surface area contributed by atoms with Crippen LogP contribution >= 0.6 is 0 Å². The van der Waals surface area contributed by atoms with E-state index in [0.29, 0.717) is 30.5 Å². The molecule has 1 amide bonds. The third kappa shape index (κ3) is 3.19. The summed E-state index contributed by atoms with van der Waals surface area (Å²) in [7, 11) is 0. The fraction of sp³-hybridized carbons (Fsp3) is 0.259. The Balaban J connectivity index is 1.44. The van der Waals surface area contributed by atoms with Crippen LogP contribution in [0.5, 0.6) is 0 Å². The maximum absolute atomic E-state index is 13.6. The zero-order chi connectivity index (χ0) is 21.4. The maximum Gasteiger partial charge on any atom is 0.264 e. The van der Waals surface area contributed by atoms with E-state index in [0.717, 1.165) is 24.1 Å². The van der Waals surface area contributed by atoms with Gasteiger partial charge < -0.3 is 10.0 Å². The minimum absolute atomic E-state index is 0.140. The molecule has 0 unspecified atom stereocenters. The Kier molecular flexibility index (Phi) is 4.95. The summed E-state index contributed by atoms with van der Waals surface area (Å²) in [5.74, 6) is -1.28. The van der Waals surface area contributed by atoms with Gasteiger partial charge in [0.05, 0.1) is 11.6 Å². The molecule has 1 N–H and O–H groups in total. The number of carbonyl (C=O) groups excluding carboxylic acids is 2. The first-order chi connectivity index (χ1) is 15.1. The summed E-state index contributed by atoms with van der Waals surface area (Å²) in [6.45, 7) is 0.505. The number of benzene rings is 3. The Morgan fingerprint density at radius 2 is 1.61 bits per heavy atom. The Morgan fingerprint density at radius 3 is 2.45 bits per heavy atom. The van der Waals surface area contributed by atoms with Crippen LogP contribution in [0, 0.1) is 5.92 Å². The molecule has 0 saturated heterocycles. The van der Waals surface area contributed by atoms with E-state index in [-0.39, 0.29) is 11.7 Å². The van der Waals surface area contributed by atoms with Crippen LogP contribution in [0.15, 0.2) is 78.9 Å². The molecule has 156 valence electrons. The molecular weight excluding hydrogens is 386 g/mol. The van der Waals surface area contributed by atoms with E-state index in [9.17, 15) is 14.7 Å².